The van der Waals surface area contributed by atoms with Crippen LogP contribution >= 0.6 is 15.9 Å². The van der Waals surface area contributed by atoms with Gasteiger partial charge in [-0.2, -0.15) is 0 Å². The van der Waals surface area contributed by atoms with E-state index in [0.29, 0.717) is 0 Å². The number of aryl methyl sites for hydroxylation is 1. The van der Waals surface area contributed by atoms with E-state index >= 15 is 0 Å². The zero-order chi connectivity index (χ0) is 14.4. The van der Waals surface area contributed by atoms with Gasteiger partial charge in [0.15, 0.2) is 0 Å². The van der Waals surface area contributed by atoms with E-state index in [1.807, 2.05) is 25.4 Å². The number of halogens is 1. The number of aromatic nitrogens is 3. The van der Waals surface area contributed by atoms with Crippen molar-refractivity contribution in [3.8, 4) is 0 Å². The number of nitrogens with one attached hydrogen (secondary N) is 1. The summed E-state index contributed by atoms with van der Waals surface area (Å²) in [7, 11) is 0. The van der Waals surface area contributed by atoms with Crippen molar-refractivity contribution in [2.75, 3.05) is 6.54 Å². The Kier molecular flexibility index (Phi) is 5.61. The van der Waals surface area contributed by atoms with Crippen LogP contribution in [0.5, 0.6) is 0 Å². The van der Waals surface area contributed by atoms with Gasteiger partial charge < -0.3 is 5.32 Å². The molecule has 0 saturated heterocycles. The highest BCUT2D eigenvalue weighted by molar-refractivity contribution is 9.10. The number of rotatable bonds is 6. The van der Waals surface area contributed by atoms with Crippen molar-refractivity contribution < 1.29 is 0 Å². The molecule has 2 rings (SSSR count). The lowest BCUT2D eigenvalue weighted by Gasteiger charge is -2.18. The molecule has 0 radical (unpaired) electrons. The van der Waals surface area contributed by atoms with E-state index in [0.717, 1.165) is 35.4 Å². The molecule has 1 atom stereocenters. The summed E-state index contributed by atoms with van der Waals surface area (Å²) in [6, 6.07) is 4.26. The van der Waals surface area contributed by atoms with E-state index < -0.39 is 0 Å². The molecule has 20 heavy (non-hydrogen) atoms. The summed E-state index contributed by atoms with van der Waals surface area (Å²) in [5.41, 5.74) is 2.22. The Morgan fingerprint density at radius 1 is 1.35 bits per heavy atom. The summed E-state index contributed by atoms with van der Waals surface area (Å²) < 4.78 is 1.00. The Hall–Kier alpha value is -1.33. The van der Waals surface area contributed by atoms with Crippen molar-refractivity contribution in [3.63, 3.8) is 0 Å². The maximum absolute atomic E-state index is 4.54. The predicted octanol–water partition coefficient (Wildman–Crippen LogP) is 3.23. The van der Waals surface area contributed by atoms with Crippen molar-refractivity contribution in [2.24, 2.45) is 0 Å². The second kappa shape index (κ2) is 7.45. The average molecular weight is 335 g/mol. The van der Waals surface area contributed by atoms with Crippen LogP contribution in [0, 0.1) is 6.92 Å². The van der Waals surface area contributed by atoms with Gasteiger partial charge in [-0.3, -0.25) is 4.98 Å². The molecule has 0 aromatic carbocycles. The zero-order valence-corrected chi connectivity index (χ0v) is 13.4. The number of hydrogen-bond donors (Lipinski definition) is 1. The normalized spacial score (nSPS) is 12.3. The summed E-state index contributed by atoms with van der Waals surface area (Å²) in [5, 5.41) is 3.55. The molecule has 1 unspecified atom stereocenters. The SMILES string of the molecule is CCCNC(Cc1cncc(Br)c1)c1ccnc(C)n1. The quantitative estimate of drug-likeness (QED) is 0.881. The molecule has 0 aliphatic carbocycles. The fourth-order valence-electron chi connectivity index (χ4n) is 2.07. The number of pyridine rings is 1. The third-order valence-corrected chi connectivity index (χ3v) is 3.43. The Bertz CT molecular complexity index is 559. The van der Waals surface area contributed by atoms with Gasteiger partial charge in [0, 0.05) is 23.1 Å². The van der Waals surface area contributed by atoms with Gasteiger partial charge in [-0.15, -0.1) is 0 Å². The van der Waals surface area contributed by atoms with Crippen molar-refractivity contribution >= 4 is 15.9 Å². The van der Waals surface area contributed by atoms with Gasteiger partial charge in [0.25, 0.3) is 0 Å². The summed E-state index contributed by atoms with van der Waals surface area (Å²) >= 11 is 3.46. The van der Waals surface area contributed by atoms with Crippen LogP contribution in [0.3, 0.4) is 0 Å². The maximum Gasteiger partial charge on any atom is 0.125 e. The number of hydrogen-bond acceptors (Lipinski definition) is 4. The summed E-state index contributed by atoms with van der Waals surface area (Å²) in [4.78, 5) is 12.9. The van der Waals surface area contributed by atoms with Crippen molar-refractivity contribution in [3.05, 3.63) is 52.3 Å². The second-order valence-electron chi connectivity index (χ2n) is 4.75. The van der Waals surface area contributed by atoms with Gasteiger partial charge in [0.1, 0.15) is 5.82 Å². The molecule has 106 valence electrons. The van der Waals surface area contributed by atoms with Gasteiger partial charge in [-0.25, -0.2) is 9.97 Å². The lowest BCUT2D eigenvalue weighted by Crippen LogP contribution is -2.25. The highest BCUT2D eigenvalue weighted by Gasteiger charge is 2.13. The molecule has 0 bridgehead atoms. The number of nitrogens with zero attached hydrogens (tertiary/aromatic N) is 3. The van der Waals surface area contributed by atoms with Gasteiger partial charge >= 0.3 is 0 Å². The van der Waals surface area contributed by atoms with Crippen LogP contribution in [0.1, 0.15) is 36.5 Å². The maximum atomic E-state index is 4.54. The van der Waals surface area contributed by atoms with Crippen LogP contribution < -0.4 is 5.32 Å². The van der Waals surface area contributed by atoms with E-state index in [4.69, 9.17) is 0 Å². The lowest BCUT2D eigenvalue weighted by atomic mass is 10.0. The van der Waals surface area contributed by atoms with E-state index in [-0.39, 0.29) is 6.04 Å². The van der Waals surface area contributed by atoms with Crippen molar-refractivity contribution in [1.82, 2.24) is 20.3 Å². The molecule has 2 heterocycles. The van der Waals surface area contributed by atoms with Gasteiger partial charge in [-0.1, -0.05) is 6.92 Å². The molecule has 0 aliphatic rings. The largest absolute Gasteiger partial charge is 0.308 e. The molecule has 5 heteroatoms. The topological polar surface area (TPSA) is 50.7 Å². The molecule has 0 amide bonds. The van der Waals surface area contributed by atoms with E-state index in [2.05, 4.69) is 49.2 Å². The van der Waals surface area contributed by atoms with Crippen LogP contribution in [0.25, 0.3) is 0 Å². The highest BCUT2D eigenvalue weighted by atomic mass is 79.9. The van der Waals surface area contributed by atoms with E-state index in [1.54, 1.807) is 6.20 Å². The van der Waals surface area contributed by atoms with Crippen LogP contribution in [0.2, 0.25) is 0 Å². The molecule has 0 saturated carbocycles. The second-order valence-corrected chi connectivity index (χ2v) is 5.67. The zero-order valence-electron chi connectivity index (χ0n) is 11.8. The average Bonchev–Trinajstić information content (AvgIpc) is 2.43. The Labute approximate surface area is 128 Å². The lowest BCUT2D eigenvalue weighted by molar-refractivity contribution is 0.515. The molecule has 2 aromatic rings. The molecular formula is C15H19BrN4. The molecule has 0 aliphatic heterocycles. The highest BCUT2D eigenvalue weighted by Crippen LogP contribution is 2.18. The van der Waals surface area contributed by atoms with Crippen LogP contribution in [0.4, 0.5) is 0 Å². The van der Waals surface area contributed by atoms with Crippen molar-refractivity contribution in [1.29, 1.82) is 0 Å². The summed E-state index contributed by atoms with van der Waals surface area (Å²) in [5.74, 6) is 0.804. The molecule has 1 N–H and O–H groups in total. The van der Waals surface area contributed by atoms with Crippen LogP contribution in [-0.2, 0) is 6.42 Å². The Morgan fingerprint density at radius 3 is 2.90 bits per heavy atom. The van der Waals surface area contributed by atoms with Gasteiger partial charge in [0.2, 0.25) is 0 Å². The summed E-state index contributed by atoms with van der Waals surface area (Å²) in [6.07, 6.45) is 7.48. The molecule has 4 nitrogen and oxygen atoms in total. The molecule has 0 fully saturated rings. The van der Waals surface area contributed by atoms with Crippen molar-refractivity contribution in [2.45, 2.75) is 32.7 Å². The minimum atomic E-state index is 0.188. The first-order valence-corrected chi connectivity index (χ1v) is 7.60. The summed E-state index contributed by atoms with van der Waals surface area (Å²) in [6.45, 7) is 5.05. The molecular weight excluding hydrogens is 316 g/mol. The minimum absolute atomic E-state index is 0.188. The smallest absolute Gasteiger partial charge is 0.125 e. The first kappa shape index (κ1) is 15.1. The van der Waals surface area contributed by atoms with E-state index in [1.165, 1.54) is 5.56 Å². The minimum Gasteiger partial charge on any atom is -0.308 e. The Morgan fingerprint density at radius 2 is 2.20 bits per heavy atom. The Balaban J connectivity index is 2.19. The fraction of sp³-hybridized carbons (Fsp3) is 0.400. The van der Waals surface area contributed by atoms with Gasteiger partial charge in [-0.05, 0) is 59.9 Å². The first-order valence-electron chi connectivity index (χ1n) is 6.81. The third-order valence-electron chi connectivity index (χ3n) is 3.00. The molecule has 0 spiro atoms. The van der Waals surface area contributed by atoms with Crippen LogP contribution in [0.15, 0.2) is 35.2 Å². The predicted molar refractivity (Wildman–Crippen MR) is 83.4 cm³/mol. The first-order chi connectivity index (χ1) is 9.69. The fourth-order valence-corrected chi connectivity index (χ4v) is 2.48. The van der Waals surface area contributed by atoms with Gasteiger partial charge in [0.05, 0.1) is 11.7 Å². The monoisotopic (exact) mass is 334 g/mol. The standard InChI is InChI=1S/C15H19BrN4/c1-3-5-19-15(14-4-6-18-11(2)20-14)8-12-7-13(16)10-17-9-12/h4,6-7,9-10,15,19H,3,5,8H2,1-2H3. The molecule has 2 aromatic heterocycles. The van der Waals surface area contributed by atoms with E-state index in [9.17, 15) is 0 Å². The van der Waals surface area contributed by atoms with Crippen LogP contribution in [-0.4, -0.2) is 21.5 Å². The third kappa shape index (κ3) is 4.35.